The molecule has 2 aliphatic rings. The normalized spacial score (nSPS) is 21.2. The highest BCUT2D eigenvalue weighted by atomic mass is 16.5. The number of carbonyl (C=O) groups excluding carboxylic acids is 3. The maximum Gasteiger partial charge on any atom is 0.332 e. The number of hydrogen-bond acceptors (Lipinski definition) is 4. The number of anilines is 1. The fourth-order valence-electron chi connectivity index (χ4n) is 2.87. The van der Waals surface area contributed by atoms with Crippen molar-refractivity contribution in [3.05, 3.63) is 24.3 Å². The van der Waals surface area contributed by atoms with E-state index >= 15 is 0 Å². The predicted molar refractivity (Wildman–Crippen MR) is 78.6 cm³/mol. The van der Waals surface area contributed by atoms with E-state index in [1.807, 2.05) is 0 Å². The second-order valence-corrected chi connectivity index (χ2v) is 5.33. The van der Waals surface area contributed by atoms with Gasteiger partial charge >= 0.3 is 6.03 Å². The van der Waals surface area contributed by atoms with Crippen molar-refractivity contribution < 1.29 is 19.1 Å². The van der Waals surface area contributed by atoms with Gasteiger partial charge in [-0.25, -0.2) is 9.69 Å². The van der Waals surface area contributed by atoms with Crippen LogP contribution in [0.25, 0.3) is 0 Å². The number of rotatable bonds is 2. The summed E-state index contributed by atoms with van der Waals surface area (Å²) in [6.45, 7) is 2.54. The van der Waals surface area contributed by atoms with Gasteiger partial charge in [-0.05, 0) is 12.1 Å². The number of imide groups is 1. The Morgan fingerprint density at radius 1 is 1.27 bits per heavy atom. The molecule has 3 rings (SSSR count). The van der Waals surface area contributed by atoms with Crippen molar-refractivity contribution in [2.24, 2.45) is 0 Å². The summed E-state index contributed by atoms with van der Waals surface area (Å²) in [7, 11) is 1.53. The summed E-state index contributed by atoms with van der Waals surface area (Å²) in [5, 5.41) is 0. The van der Waals surface area contributed by atoms with Gasteiger partial charge in [0.2, 0.25) is 5.91 Å². The first-order valence-corrected chi connectivity index (χ1v) is 7.07. The van der Waals surface area contributed by atoms with E-state index in [1.165, 1.54) is 18.9 Å². The molecular formula is C15H17N3O4. The molecule has 0 aromatic heterocycles. The van der Waals surface area contributed by atoms with Crippen molar-refractivity contribution in [2.45, 2.75) is 13.0 Å². The van der Waals surface area contributed by atoms with Gasteiger partial charge in [0.05, 0.1) is 19.3 Å². The second kappa shape index (κ2) is 5.32. The van der Waals surface area contributed by atoms with Gasteiger partial charge in [-0.2, -0.15) is 0 Å². The lowest BCUT2D eigenvalue weighted by Crippen LogP contribution is -2.54. The summed E-state index contributed by atoms with van der Waals surface area (Å²) in [6, 6.07) is 5.88. The zero-order chi connectivity index (χ0) is 15.9. The number of benzene rings is 1. The Morgan fingerprint density at radius 2 is 2.05 bits per heavy atom. The number of urea groups is 1. The number of methoxy groups -OCH3 is 1. The van der Waals surface area contributed by atoms with Gasteiger partial charge in [-0.1, -0.05) is 6.07 Å². The first-order chi connectivity index (χ1) is 10.5. The number of hydrogen-bond donors (Lipinski definition) is 0. The molecular weight excluding hydrogens is 286 g/mol. The molecule has 2 aliphatic heterocycles. The molecule has 116 valence electrons. The molecule has 7 heteroatoms. The van der Waals surface area contributed by atoms with E-state index < -0.39 is 6.04 Å². The Labute approximate surface area is 128 Å². The van der Waals surface area contributed by atoms with Gasteiger partial charge in [0, 0.05) is 26.1 Å². The van der Waals surface area contributed by atoms with E-state index in [0.29, 0.717) is 24.5 Å². The molecule has 2 fully saturated rings. The zero-order valence-corrected chi connectivity index (χ0v) is 12.5. The average Bonchev–Trinajstić information content (AvgIpc) is 2.78. The molecule has 1 aromatic rings. The summed E-state index contributed by atoms with van der Waals surface area (Å²) in [4.78, 5) is 40.9. The number of fused-ring (bicyclic) bond motifs is 1. The topological polar surface area (TPSA) is 70.2 Å². The number of ether oxygens (including phenoxy) is 1. The lowest BCUT2D eigenvalue weighted by Gasteiger charge is -2.34. The standard InChI is InChI=1S/C15H17N3O4/c1-10(19)16-6-7-17-13(9-16)14(20)18(15(17)21)11-4-3-5-12(8-11)22-2/h3-5,8,13H,6-7,9H2,1-2H3/t13-/m1/s1. The van der Waals surface area contributed by atoms with Gasteiger partial charge in [-0.3, -0.25) is 9.59 Å². The largest absolute Gasteiger partial charge is 0.497 e. The maximum atomic E-state index is 12.6. The van der Waals surface area contributed by atoms with Crippen molar-refractivity contribution in [1.82, 2.24) is 9.80 Å². The third kappa shape index (κ3) is 2.18. The van der Waals surface area contributed by atoms with E-state index in [4.69, 9.17) is 4.74 Å². The lowest BCUT2D eigenvalue weighted by molar-refractivity contribution is -0.132. The molecule has 1 aromatic carbocycles. The summed E-state index contributed by atoms with van der Waals surface area (Å²) in [6.07, 6.45) is 0. The number of amides is 4. The van der Waals surface area contributed by atoms with Crippen molar-refractivity contribution in [3.63, 3.8) is 0 Å². The Morgan fingerprint density at radius 3 is 2.73 bits per heavy atom. The Balaban J connectivity index is 1.90. The van der Waals surface area contributed by atoms with Gasteiger partial charge < -0.3 is 14.5 Å². The SMILES string of the molecule is COc1cccc(N2C(=O)[C@H]3CN(C(C)=O)CCN3C2=O)c1. The Bertz CT molecular complexity index is 645. The summed E-state index contributed by atoms with van der Waals surface area (Å²) >= 11 is 0. The fourth-order valence-corrected chi connectivity index (χ4v) is 2.87. The van der Waals surface area contributed by atoms with Crippen LogP contribution in [-0.4, -0.2) is 60.4 Å². The van der Waals surface area contributed by atoms with Crippen LogP contribution in [0.3, 0.4) is 0 Å². The number of nitrogens with zero attached hydrogens (tertiary/aromatic N) is 3. The fraction of sp³-hybridized carbons (Fsp3) is 0.400. The average molecular weight is 303 g/mol. The van der Waals surface area contributed by atoms with Gasteiger partial charge in [-0.15, -0.1) is 0 Å². The molecule has 4 amide bonds. The van der Waals surface area contributed by atoms with Crippen LogP contribution in [0.2, 0.25) is 0 Å². The molecule has 0 spiro atoms. The maximum absolute atomic E-state index is 12.6. The second-order valence-electron chi connectivity index (χ2n) is 5.33. The highest BCUT2D eigenvalue weighted by molar-refractivity contribution is 6.21. The quantitative estimate of drug-likeness (QED) is 0.754. The van der Waals surface area contributed by atoms with E-state index in [2.05, 4.69) is 0 Å². The molecule has 0 radical (unpaired) electrons. The highest BCUT2D eigenvalue weighted by Crippen LogP contribution is 2.29. The van der Waals surface area contributed by atoms with E-state index in [0.717, 1.165) is 4.90 Å². The van der Waals surface area contributed by atoms with Crippen LogP contribution in [0.15, 0.2) is 24.3 Å². The minimum atomic E-state index is -0.601. The molecule has 0 saturated carbocycles. The van der Waals surface area contributed by atoms with Crippen LogP contribution in [-0.2, 0) is 9.59 Å². The molecule has 0 aliphatic carbocycles. The summed E-state index contributed by atoms with van der Waals surface area (Å²) in [5.41, 5.74) is 0.484. The molecule has 7 nitrogen and oxygen atoms in total. The molecule has 2 saturated heterocycles. The highest BCUT2D eigenvalue weighted by Gasteiger charge is 2.48. The van der Waals surface area contributed by atoms with Gasteiger partial charge in [0.15, 0.2) is 0 Å². The van der Waals surface area contributed by atoms with Crippen LogP contribution in [0, 0.1) is 0 Å². The van der Waals surface area contributed by atoms with Crippen molar-refractivity contribution in [1.29, 1.82) is 0 Å². The smallest absolute Gasteiger partial charge is 0.332 e. The van der Waals surface area contributed by atoms with Crippen molar-refractivity contribution in [2.75, 3.05) is 31.6 Å². The first kappa shape index (κ1) is 14.4. The van der Waals surface area contributed by atoms with E-state index in [-0.39, 0.29) is 24.4 Å². The molecule has 2 heterocycles. The lowest BCUT2D eigenvalue weighted by atomic mass is 10.2. The summed E-state index contributed by atoms with van der Waals surface area (Å²) < 4.78 is 5.14. The minimum absolute atomic E-state index is 0.0836. The Hall–Kier alpha value is -2.57. The van der Waals surface area contributed by atoms with Crippen molar-refractivity contribution >= 4 is 23.5 Å². The zero-order valence-electron chi connectivity index (χ0n) is 12.5. The Kier molecular flexibility index (Phi) is 3.48. The van der Waals surface area contributed by atoms with E-state index in [9.17, 15) is 14.4 Å². The van der Waals surface area contributed by atoms with Gasteiger partial charge in [0.25, 0.3) is 5.91 Å². The van der Waals surface area contributed by atoms with Crippen LogP contribution in [0.4, 0.5) is 10.5 Å². The molecule has 22 heavy (non-hydrogen) atoms. The van der Waals surface area contributed by atoms with Gasteiger partial charge in [0.1, 0.15) is 11.8 Å². The molecule has 0 N–H and O–H groups in total. The number of piperazine rings is 1. The predicted octanol–water partition coefficient (Wildman–Crippen LogP) is 0.694. The third-order valence-electron chi connectivity index (χ3n) is 4.08. The molecule has 0 bridgehead atoms. The first-order valence-electron chi connectivity index (χ1n) is 7.07. The molecule has 1 atom stereocenters. The van der Waals surface area contributed by atoms with Crippen LogP contribution >= 0.6 is 0 Å². The monoisotopic (exact) mass is 303 g/mol. The minimum Gasteiger partial charge on any atom is -0.497 e. The van der Waals surface area contributed by atoms with Crippen LogP contribution in [0.1, 0.15) is 6.92 Å². The van der Waals surface area contributed by atoms with Crippen LogP contribution in [0.5, 0.6) is 5.75 Å². The molecule has 0 unspecified atom stereocenters. The van der Waals surface area contributed by atoms with E-state index in [1.54, 1.807) is 29.2 Å². The summed E-state index contributed by atoms with van der Waals surface area (Å²) in [5.74, 6) is 0.192. The van der Waals surface area contributed by atoms with Crippen LogP contribution < -0.4 is 9.64 Å². The third-order valence-corrected chi connectivity index (χ3v) is 4.08. The van der Waals surface area contributed by atoms with Crippen molar-refractivity contribution in [3.8, 4) is 5.75 Å². The number of carbonyl (C=O) groups is 3.